The van der Waals surface area contributed by atoms with Gasteiger partial charge in [-0.3, -0.25) is 9.69 Å². The molecule has 0 aliphatic heterocycles. The lowest BCUT2D eigenvalue weighted by Gasteiger charge is -2.38. The Morgan fingerprint density at radius 1 is 1.20 bits per heavy atom. The summed E-state index contributed by atoms with van der Waals surface area (Å²) in [6.07, 6.45) is 2.18. The van der Waals surface area contributed by atoms with Crippen molar-refractivity contribution in [2.75, 3.05) is 47.1 Å². The molecule has 2 N–H and O–H groups in total. The first-order valence-electron chi connectivity index (χ1n) is 7.16. The number of aliphatic carboxylic acids is 1. The number of carboxylic acid groups (broad SMARTS) is 1. The van der Waals surface area contributed by atoms with E-state index in [-0.39, 0.29) is 5.92 Å². The molecule has 6 nitrogen and oxygen atoms in total. The molecular formula is C14H27NO5. The van der Waals surface area contributed by atoms with Crippen LogP contribution < -0.4 is 0 Å². The van der Waals surface area contributed by atoms with Crippen LogP contribution in [0.1, 0.15) is 25.7 Å². The summed E-state index contributed by atoms with van der Waals surface area (Å²) in [5.41, 5.74) is -0.784. The van der Waals surface area contributed by atoms with E-state index in [9.17, 15) is 9.90 Å². The highest BCUT2D eigenvalue weighted by Gasteiger charge is 2.36. The molecule has 1 fully saturated rings. The van der Waals surface area contributed by atoms with Crippen LogP contribution in [0.3, 0.4) is 0 Å². The SMILES string of the molecule is COCCN(CCOC)CC1(O)CCC(C(=O)O)CC1. The number of aliphatic hydroxyl groups is 1. The van der Waals surface area contributed by atoms with Crippen LogP contribution in [0.2, 0.25) is 0 Å². The van der Waals surface area contributed by atoms with E-state index in [0.717, 1.165) is 13.1 Å². The number of carboxylic acids is 1. The maximum absolute atomic E-state index is 10.9. The van der Waals surface area contributed by atoms with Gasteiger partial charge in [-0.05, 0) is 25.7 Å². The fraction of sp³-hybridized carbons (Fsp3) is 0.929. The predicted molar refractivity (Wildman–Crippen MR) is 74.7 cm³/mol. The first-order chi connectivity index (χ1) is 9.50. The van der Waals surface area contributed by atoms with E-state index in [2.05, 4.69) is 4.90 Å². The zero-order valence-corrected chi connectivity index (χ0v) is 12.5. The number of rotatable bonds is 9. The van der Waals surface area contributed by atoms with Crippen LogP contribution in [0, 0.1) is 5.92 Å². The fourth-order valence-corrected chi connectivity index (χ4v) is 2.69. The minimum atomic E-state index is -0.784. The highest BCUT2D eigenvalue weighted by molar-refractivity contribution is 5.70. The summed E-state index contributed by atoms with van der Waals surface area (Å²) in [7, 11) is 3.31. The molecule has 118 valence electrons. The van der Waals surface area contributed by atoms with Crippen molar-refractivity contribution < 1.29 is 24.5 Å². The van der Waals surface area contributed by atoms with Crippen LogP contribution in [0.5, 0.6) is 0 Å². The Kier molecular flexibility index (Phi) is 7.43. The standard InChI is InChI=1S/C14H27NO5/c1-19-9-7-15(8-10-20-2)11-14(18)5-3-12(4-6-14)13(16)17/h12,18H,3-11H2,1-2H3,(H,16,17). The molecule has 0 saturated heterocycles. The van der Waals surface area contributed by atoms with Crippen molar-refractivity contribution in [2.45, 2.75) is 31.3 Å². The van der Waals surface area contributed by atoms with Gasteiger partial charge in [0, 0.05) is 33.9 Å². The van der Waals surface area contributed by atoms with Crippen molar-refractivity contribution in [1.29, 1.82) is 0 Å². The van der Waals surface area contributed by atoms with Crippen LogP contribution >= 0.6 is 0 Å². The summed E-state index contributed by atoms with van der Waals surface area (Å²) in [6.45, 7) is 3.25. The van der Waals surface area contributed by atoms with Crippen molar-refractivity contribution in [3.63, 3.8) is 0 Å². The highest BCUT2D eigenvalue weighted by Crippen LogP contribution is 2.32. The van der Waals surface area contributed by atoms with Crippen molar-refractivity contribution >= 4 is 5.97 Å². The van der Waals surface area contributed by atoms with Gasteiger partial charge in [0.1, 0.15) is 0 Å². The molecule has 1 saturated carbocycles. The third-order valence-electron chi connectivity index (χ3n) is 4.01. The van der Waals surface area contributed by atoms with E-state index in [1.165, 1.54) is 0 Å². The first kappa shape index (κ1) is 17.4. The van der Waals surface area contributed by atoms with Crippen LogP contribution in [0.4, 0.5) is 0 Å². The lowest BCUT2D eigenvalue weighted by atomic mass is 9.78. The van der Waals surface area contributed by atoms with E-state index in [4.69, 9.17) is 14.6 Å². The van der Waals surface area contributed by atoms with Crippen molar-refractivity contribution in [3.05, 3.63) is 0 Å². The summed E-state index contributed by atoms with van der Waals surface area (Å²) in [4.78, 5) is 13.1. The van der Waals surface area contributed by atoms with E-state index >= 15 is 0 Å². The predicted octanol–water partition coefficient (Wildman–Crippen LogP) is 0.587. The van der Waals surface area contributed by atoms with Gasteiger partial charge in [-0.1, -0.05) is 0 Å². The number of nitrogens with zero attached hydrogens (tertiary/aromatic N) is 1. The van der Waals surface area contributed by atoms with Crippen LogP contribution in [0.15, 0.2) is 0 Å². The quantitative estimate of drug-likeness (QED) is 0.646. The molecule has 0 radical (unpaired) electrons. The van der Waals surface area contributed by atoms with Gasteiger partial charge in [-0.15, -0.1) is 0 Å². The van der Waals surface area contributed by atoms with Gasteiger partial charge in [-0.2, -0.15) is 0 Å². The molecule has 0 heterocycles. The Balaban J connectivity index is 2.47. The van der Waals surface area contributed by atoms with Gasteiger partial charge in [0.15, 0.2) is 0 Å². The molecule has 0 bridgehead atoms. The monoisotopic (exact) mass is 289 g/mol. The lowest BCUT2D eigenvalue weighted by molar-refractivity contribution is -0.145. The molecular weight excluding hydrogens is 262 g/mol. The largest absolute Gasteiger partial charge is 0.481 e. The Morgan fingerprint density at radius 3 is 2.10 bits per heavy atom. The smallest absolute Gasteiger partial charge is 0.306 e. The zero-order chi connectivity index (χ0) is 15.0. The average molecular weight is 289 g/mol. The van der Waals surface area contributed by atoms with Crippen LogP contribution in [-0.4, -0.2) is 73.8 Å². The summed E-state index contributed by atoms with van der Waals surface area (Å²) < 4.78 is 10.2. The van der Waals surface area contributed by atoms with Gasteiger partial charge >= 0.3 is 5.97 Å². The molecule has 0 amide bonds. The third kappa shape index (κ3) is 5.75. The highest BCUT2D eigenvalue weighted by atomic mass is 16.5. The van der Waals surface area contributed by atoms with Gasteiger partial charge in [0.05, 0.1) is 24.7 Å². The average Bonchev–Trinajstić information content (AvgIpc) is 2.42. The summed E-state index contributed by atoms with van der Waals surface area (Å²) in [5.74, 6) is -1.05. The van der Waals surface area contributed by atoms with E-state index in [1.54, 1.807) is 14.2 Å². The second-order valence-electron chi connectivity index (χ2n) is 5.60. The first-order valence-corrected chi connectivity index (χ1v) is 7.16. The van der Waals surface area contributed by atoms with Crippen LogP contribution in [-0.2, 0) is 14.3 Å². The fourth-order valence-electron chi connectivity index (χ4n) is 2.69. The molecule has 0 aromatic heterocycles. The Hall–Kier alpha value is -0.690. The van der Waals surface area contributed by atoms with Crippen LogP contribution in [0.25, 0.3) is 0 Å². The number of hydrogen-bond acceptors (Lipinski definition) is 5. The zero-order valence-electron chi connectivity index (χ0n) is 12.5. The molecule has 0 spiro atoms. The number of carbonyl (C=O) groups is 1. The van der Waals surface area contributed by atoms with Gasteiger partial charge in [-0.25, -0.2) is 0 Å². The summed E-state index contributed by atoms with van der Waals surface area (Å²) >= 11 is 0. The minimum Gasteiger partial charge on any atom is -0.481 e. The lowest BCUT2D eigenvalue weighted by Crippen LogP contribution is -2.47. The maximum Gasteiger partial charge on any atom is 0.306 e. The topological polar surface area (TPSA) is 79.2 Å². The normalized spacial score (nSPS) is 26.9. The minimum absolute atomic E-state index is 0.304. The Morgan fingerprint density at radius 2 is 1.70 bits per heavy atom. The molecule has 1 aliphatic carbocycles. The molecule has 6 heteroatoms. The molecule has 20 heavy (non-hydrogen) atoms. The number of hydrogen-bond donors (Lipinski definition) is 2. The second kappa shape index (κ2) is 8.56. The Labute approximate surface area is 120 Å². The van der Waals surface area contributed by atoms with Gasteiger partial charge < -0.3 is 19.7 Å². The van der Waals surface area contributed by atoms with Crippen molar-refractivity contribution in [2.24, 2.45) is 5.92 Å². The molecule has 0 aromatic rings. The molecule has 0 atom stereocenters. The summed E-state index contributed by atoms with van der Waals surface area (Å²) in [6, 6.07) is 0. The molecule has 0 aromatic carbocycles. The van der Waals surface area contributed by atoms with E-state index in [1.807, 2.05) is 0 Å². The third-order valence-corrected chi connectivity index (χ3v) is 4.01. The van der Waals surface area contributed by atoms with E-state index < -0.39 is 11.6 Å². The van der Waals surface area contributed by atoms with Gasteiger partial charge in [0.25, 0.3) is 0 Å². The Bertz CT molecular complexity index is 281. The van der Waals surface area contributed by atoms with Crippen molar-refractivity contribution in [3.8, 4) is 0 Å². The van der Waals surface area contributed by atoms with Crippen molar-refractivity contribution in [1.82, 2.24) is 4.90 Å². The number of methoxy groups -OCH3 is 2. The van der Waals surface area contributed by atoms with E-state index in [0.29, 0.717) is 45.4 Å². The molecule has 1 rings (SSSR count). The number of ether oxygens (including phenoxy) is 2. The maximum atomic E-state index is 10.9. The van der Waals surface area contributed by atoms with Gasteiger partial charge in [0.2, 0.25) is 0 Å². The molecule has 0 unspecified atom stereocenters. The molecule has 1 aliphatic rings. The summed E-state index contributed by atoms with van der Waals surface area (Å²) in [5, 5.41) is 19.6. The second-order valence-corrected chi connectivity index (χ2v) is 5.60.